The number of imidazole rings is 1. The van der Waals surface area contributed by atoms with E-state index in [4.69, 9.17) is 0 Å². The number of H-pyrrole nitrogens is 1. The Morgan fingerprint density at radius 3 is 2.83 bits per heavy atom. The molecule has 0 amide bonds. The molecule has 0 spiro atoms. The highest BCUT2D eigenvalue weighted by Crippen LogP contribution is 2.28. The molecular formula is C14H14F2N6O2. The lowest BCUT2D eigenvalue weighted by Gasteiger charge is -2.05. The van der Waals surface area contributed by atoms with Crippen molar-refractivity contribution < 1.29 is 13.7 Å². The molecule has 24 heavy (non-hydrogen) atoms. The first-order valence-corrected chi connectivity index (χ1v) is 7.20. The molecular weight excluding hydrogens is 322 g/mol. The number of rotatable bonds is 5. The Balaban J connectivity index is 1.91. The van der Waals surface area contributed by atoms with Gasteiger partial charge in [0.05, 0.1) is 17.0 Å². The monoisotopic (exact) mass is 336 g/mol. The zero-order valence-corrected chi connectivity index (χ0v) is 12.9. The maximum Gasteiger partial charge on any atom is 0.333 e. The molecule has 0 unspecified atom stereocenters. The highest BCUT2D eigenvalue weighted by molar-refractivity contribution is 5.75. The molecule has 0 aliphatic rings. The first-order chi connectivity index (χ1) is 11.4. The van der Waals surface area contributed by atoms with Gasteiger partial charge in [-0.05, 0) is 26.0 Å². The van der Waals surface area contributed by atoms with Gasteiger partial charge in [-0.1, -0.05) is 0 Å². The highest BCUT2D eigenvalue weighted by atomic mass is 19.2. The van der Waals surface area contributed by atoms with Gasteiger partial charge < -0.3 is 10.3 Å². The molecule has 0 saturated carbocycles. The Morgan fingerprint density at radius 2 is 2.17 bits per heavy atom. The molecule has 1 aromatic carbocycles. The van der Waals surface area contributed by atoms with Crippen LogP contribution in [0.25, 0.3) is 11.0 Å². The Morgan fingerprint density at radius 1 is 1.42 bits per heavy atom. The summed E-state index contributed by atoms with van der Waals surface area (Å²) >= 11 is 0. The van der Waals surface area contributed by atoms with Crippen LogP contribution in [0.15, 0.2) is 12.1 Å². The second-order valence-corrected chi connectivity index (χ2v) is 5.15. The van der Waals surface area contributed by atoms with E-state index in [1.165, 1.54) is 10.7 Å². The second kappa shape index (κ2) is 5.87. The maximum atomic E-state index is 13.7. The van der Waals surface area contributed by atoms with Gasteiger partial charge in [0.1, 0.15) is 17.0 Å². The van der Waals surface area contributed by atoms with Gasteiger partial charge >= 0.3 is 5.69 Å². The zero-order valence-electron chi connectivity index (χ0n) is 12.9. The van der Waals surface area contributed by atoms with E-state index >= 15 is 0 Å². The minimum Gasteiger partial charge on any atom is -0.357 e. The smallest absolute Gasteiger partial charge is 0.333 e. The number of anilines is 1. The average molecular weight is 336 g/mol. The lowest BCUT2D eigenvalue weighted by atomic mass is 10.3. The number of hydrogen-bond acceptors (Lipinski definition) is 5. The molecule has 0 radical (unpaired) electrons. The number of aryl methyl sites for hydroxylation is 2. The van der Waals surface area contributed by atoms with Crippen LogP contribution < -0.4 is 5.32 Å². The second-order valence-electron chi connectivity index (χ2n) is 5.15. The van der Waals surface area contributed by atoms with Crippen LogP contribution >= 0.6 is 0 Å². The van der Waals surface area contributed by atoms with E-state index in [0.717, 1.165) is 6.07 Å². The van der Waals surface area contributed by atoms with E-state index in [1.807, 2.05) is 0 Å². The number of aromatic nitrogens is 4. The molecule has 2 N–H and O–H groups in total. The molecule has 0 aliphatic heterocycles. The van der Waals surface area contributed by atoms with Crippen molar-refractivity contribution in [1.29, 1.82) is 0 Å². The van der Waals surface area contributed by atoms with Crippen molar-refractivity contribution >= 4 is 22.5 Å². The fourth-order valence-electron chi connectivity index (χ4n) is 2.51. The fourth-order valence-corrected chi connectivity index (χ4v) is 2.51. The standard InChI is InChI=1S/C14H14F2N6O2/c1-3-21-14(13(22(23)24)7(2)20-21)17-6-10-18-9-5-4-8(15)11(16)12(9)19-10/h4-5,17H,3,6H2,1-2H3,(H,18,19). The summed E-state index contributed by atoms with van der Waals surface area (Å²) in [5.41, 5.74) is 0.411. The van der Waals surface area contributed by atoms with Crippen molar-refractivity contribution in [1.82, 2.24) is 19.7 Å². The number of benzene rings is 1. The molecule has 8 nitrogen and oxygen atoms in total. The van der Waals surface area contributed by atoms with Gasteiger partial charge in [-0.3, -0.25) is 10.1 Å². The van der Waals surface area contributed by atoms with Crippen LogP contribution in [-0.2, 0) is 13.1 Å². The topological polar surface area (TPSA) is 102 Å². The van der Waals surface area contributed by atoms with E-state index in [-0.39, 0.29) is 23.6 Å². The van der Waals surface area contributed by atoms with Gasteiger partial charge in [-0.15, -0.1) is 0 Å². The number of aromatic amines is 1. The van der Waals surface area contributed by atoms with E-state index in [2.05, 4.69) is 20.4 Å². The van der Waals surface area contributed by atoms with E-state index in [1.54, 1.807) is 13.8 Å². The molecule has 3 aromatic rings. The average Bonchev–Trinajstić information content (AvgIpc) is 3.09. The zero-order chi connectivity index (χ0) is 17.4. The number of fused-ring (bicyclic) bond motifs is 1. The van der Waals surface area contributed by atoms with Crippen molar-refractivity contribution in [2.45, 2.75) is 26.9 Å². The lowest BCUT2D eigenvalue weighted by Crippen LogP contribution is -2.09. The van der Waals surface area contributed by atoms with Crippen LogP contribution in [-0.4, -0.2) is 24.7 Å². The van der Waals surface area contributed by atoms with Crippen molar-refractivity contribution in [3.63, 3.8) is 0 Å². The van der Waals surface area contributed by atoms with Crippen molar-refractivity contribution in [2.24, 2.45) is 0 Å². The Bertz CT molecular complexity index is 933. The number of nitro groups is 1. The molecule has 2 heterocycles. The van der Waals surface area contributed by atoms with Crippen LogP contribution in [0.1, 0.15) is 18.4 Å². The van der Waals surface area contributed by atoms with E-state index < -0.39 is 16.6 Å². The molecule has 0 atom stereocenters. The van der Waals surface area contributed by atoms with Crippen LogP contribution in [0.5, 0.6) is 0 Å². The summed E-state index contributed by atoms with van der Waals surface area (Å²) in [5.74, 6) is -1.45. The highest BCUT2D eigenvalue weighted by Gasteiger charge is 2.24. The lowest BCUT2D eigenvalue weighted by molar-refractivity contribution is -0.384. The van der Waals surface area contributed by atoms with Gasteiger partial charge in [0.25, 0.3) is 0 Å². The predicted octanol–water partition coefficient (Wildman–Crippen LogP) is 2.89. The molecule has 3 rings (SSSR count). The van der Waals surface area contributed by atoms with Crippen molar-refractivity contribution in [2.75, 3.05) is 5.32 Å². The minimum atomic E-state index is -1.03. The Kier molecular flexibility index (Phi) is 3.87. The quantitative estimate of drug-likeness (QED) is 0.551. The van der Waals surface area contributed by atoms with E-state index in [0.29, 0.717) is 23.6 Å². The third kappa shape index (κ3) is 2.55. The summed E-state index contributed by atoms with van der Waals surface area (Å²) in [7, 11) is 0. The third-order valence-corrected chi connectivity index (χ3v) is 3.60. The van der Waals surface area contributed by atoms with Crippen molar-refractivity contribution in [3.05, 3.63) is 45.4 Å². The van der Waals surface area contributed by atoms with E-state index in [9.17, 15) is 18.9 Å². The number of hydrogen-bond donors (Lipinski definition) is 2. The summed E-state index contributed by atoms with van der Waals surface area (Å²) in [5, 5.41) is 18.2. The summed E-state index contributed by atoms with van der Waals surface area (Å²) in [6.07, 6.45) is 0. The number of halogens is 2. The van der Waals surface area contributed by atoms with Crippen molar-refractivity contribution in [3.8, 4) is 0 Å². The van der Waals surface area contributed by atoms with Crippen LogP contribution in [0.3, 0.4) is 0 Å². The molecule has 0 aliphatic carbocycles. The maximum absolute atomic E-state index is 13.7. The predicted molar refractivity (Wildman–Crippen MR) is 82.6 cm³/mol. The summed E-state index contributed by atoms with van der Waals surface area (Å²) < 4.78 is 28.4. The Hall–Kier alpha value is -3.04. The van der Waals surface area contributed by atoms with Gasteiger partial charge in [0, 0.05) is 6.54 Å². The number of nitrogens with one attached hydrogen (secondary N) is 2. The first kappa shape index (κ1) is 15.8. The fraction of sp³-hybridized carbons (Fsp3) is 0.286. The molecule has 10 heteroatoms. The third-order valence-electron chi connectivity index (χ3n) is 3.60. The number of nitrogens with zero attached hydrogens (tertiary/aromatic N) is 4. The largest absolute Gasteiger partial charge is 0.357 e. The summed E-state index contributed by atoms with van der Waals surface area (Å²) in [6, 6.07) is 2.39. The molecule has 2 aromatic heterocycles. The SMILES string of the molecule is CCn1nc(C)c([N+](=O)[O-])c1NCc1nc2c(F)c(F)ccc2[nH]1. The van der Waals surface area contributed by atoms with Crippen LogP contribution in [0, 0.1) is 28.7 Å². The van der Waals surface area contributed by atoms with Gasteiger partial charge in [-0.2, -0.15) is 5.10 Å². The first-order valence-electron chi connectivity index (χ1n) is 7.20. The molecule has 0 fully saturated rings. The molecule has 0 bridgehead atoms. The summed E-state index contributed by atoms with van der Waals surface area (Å²) in [4.78, 5) is 17.5. The Labute approximate surface area is 134 Å². The van der Waals surface area contributed by atoms with Crippen LogP contribution in [0.2, 0.25) is 0 Å². The van der Waals surface area contributed by atoms with Gasteiger partial charge in [0.2, 0.25) is 5.82 Å². The summed E-state index contributed by atoms with van der Waals surface area (Å²) in [6.45, 7) is 3.87. The minimum absolute atomic E-state index is 0.0711. The van der Waals surface area contributed by atoms with Crippen LogP contribution in [0.4, 0.5) is 20.3 Å². The molecule has 126 valence electrons. The molecule has 0 saturated heterocycles. The van der Waals surface area contributed by atoms with Gasteiger partial charge in [0.15, 0.2) is 11.6 Å². The van der Waals surface area contributed by atoms with Gasteiger partial charge in [-0.25, -0.2) is 18.4 Å². The normalized spacial score (nSPS) is 11.2.